The van der Waals surface area contributed by atoms with Gasteiger partial charge in [-0.25, -0.2) is 0 Å². The lowest BCUT2D eigenvalue weighted by atomic mass is 10.2. The van der Waals surface area contributed by atoms with Crippen molar-refractivity contribution < 1.29 is 4.74 Å². The number of rotatable bonds is 4. The summed E-state index contributed by atoms with van der Waals surface area (Å²) in [6, 6.07) is 19.0. The molecular weight excluding hydrogens is 228 g/mol. The summed E-state index contributed by atoms with van der Waals surface area (Å²) in [6.07, 6.45) is 2.29. The molecule has 2 aromatic rings. The molecule has 0 aliphatic rings. The molecular formula is C15H17OS+. The number of hydrogen-bond donors (Lipinski definition) is 0. The van der Waals surface area contributed by atoms with Gasteiger partial charge in [-0.05, 0) is 24.3 Å². The molecule has 0 aliphatic heterocycles. The normalized spacial score (nSPS) is 12.1. The molecule has 0 aromatic heterocycles. The maximum absolute atomic E-state index is 5.17. The fraction of sp³-hybridized carbons (Fsp3) is 0.200. The quantitative estimate of drug-likeness (QED) is 0.749. The molecule has 1 atom stereocenters. The highest BCUT2D eigenvalue weighted by Crippen LogP contribution is 2.19. The maximum Gasteiger partial charge on any atom is 0.155 e. The second-order valence-corrected chi connectivity index (χ2v) is 5.98. The fourth-order valence-electron chi connectivity index (χ4n) is 1.72. The van der Waals surface area contributed by atoms with Gasteiger partial charge in [-0.2, -0.15) is 0 Å². The first-order chi connectivity index (χ1) is 8.29. The Morgan fingerprint density at radius 1 is 0.941 bits per heavy atom. The Hall–Kier alpha value is -1.41. The first-order valence-corrected chi connectivity index (χ1v) is 7.40. The zero-order chi connectivity index (χ0) is 12.1. The largest absolute Gasteiger partial charge is 0.497 e. The molecule has 0 fully saturated rings. The predicted octanol–water partition coefficient (Wildman–Crippen LogP) is 3.50. The van der Waals surface area contributed by atoms with Gasteiger partial charge in [0.05, 0.1) is 7.11 Å². The molecule has 0 N–H and O–H groups in total. The minimum atomic E-state index is 0.250. The Morgan fingerprint density at radius 3 is 2.18 bits per heavy atom. The molecule has 17 heavy (non-hydrogen) atoms. The van der Waals surface area contributed by atoms with Crippen molar-refractivity contribution in [3.8, 4) is 5.75 Å². The lowest BCUT2D eigenvalue weighted by Gasteiger charge is -2.04. The molecule has 0 aliphatic carbocycles. The summed E-state index contributed by atoms with van der Waals surface area (Å²) in [5.41, 5.74) is 1.40. The van der Waals surface area contributed by atoms with E-state index in [4.69, 9.17) is 4.74 Å². The van der Waals surface area contributed by atoms with Crippen molar-refractivity contribution in [1.82, 2.24) is 0 Å². The van der Waals surface area contributed by atoms with Crippen LogP contribution in [0.4, 0.5) is 0 Å². The monoisotopic (exact) mass is 245 g/mol. The van der Waals surface area contributed by atoms with E-state index in [1.54, 1.807) is 7.11 Å². The van der Waals surface area contributed by atoms with Crippen molar-refractivity contribution in [3.05, 3.63) is 60.2 Å². The second kappa shape index (κ2) is 5.78. The Balaban J connectivity index is 2.06. The summed E-state index contributed by atoms with van der Waals surface area (Å²) >= 11 is 0. The van der Waals surface area contributed by atoms with Gasteiger partial charge in [0.1, 0.15) is 17.8 Å². The van der Waals surface area contributed by atoms with Crippen molar-refractivity contribution in [1.29, 1.82) is 0 Å². The highest BCUT2D eigenvalue weighted by molar-refractivity contribution is 7.95. The van der Waals surface area contributed by atoms with Gasteiger partial charge in [-0.3, -0.25) is 0 Å². The van der Waals surface area contributed by atoms with Gasteiger partial charge in [0.2, 0.25) is 0 Å². The van der Waals surface area contributed by atoms with Crippen LogP contribution in [-0.4, -0.2) is 13.4 Å². The highest BCUT2D eigenvalue weighted by atomic mass is 32.2. The third-order valence-corrected chi connectivity index (χ3v) is 4.53. The van der Waals surface area contributed by atoms with E-state index in [0.29, 0.717) is 0 Å². The number of hydrogen-bond acceptors (Lipinski definition) is 1. The van der Waals surface area contributed by atoms with Crippen LogP contribution < -0.4 is 4.74 Å². The van der Waals surface area contributed by atoms with Crippen molar-refractivity contribution in [2.24, 2.45) is 0 Å². The highest BCUT2D eigenvalue weighted by Gasteiger charge is 2.15. The van der Waals surface area contributed by atoms with E-state index in [9.17, 15) is 0 Å². The number of benzene rings is 2. The van der Waals surface area contributed by atoms with Crippen LogP contribution in [-0.2, 0) is 16.6 Å². The molecule has 1 nitrogen and oxygen atoms in total. The van der Waals surface area contributed by atoms with Crippen molar-refractivity contribution in [3.63, 3.8) is 0 Å². The summed E-state index contributed by atoms with van der Waals surface area (Å²) in [4.78, 5) is 1.38. The molecule has 0 saturated heterocycles. The lowest BCUT2D eigenvalue weighted by Crippen LogP contribution is -2.03. The van der Waals surface area contributed by atoms with Crippen LogP contribution in [0.1, 0.15) is 5.56 Å². The second-order valence-electron chi connectivity index (χ2n) is 3.94. The van der Waals surface area contributed by atoms with Crippen LogP contribution in [0.5, 0.6) is 5.75 Å². The molecule has 0 saturated carbocycles. The standard InChI is InChI=1S/C15H17OS/c1-16-14-8-10-15(11-9-14)17(2)12-13-6-4-3-5-7-13/h3-11H,12H2,1-2H3/q+1. The number of methoxy groups -OCH3 is 1. The van der Waals surface area contributed by atoms with Crippen LogP contribution in [0.25, 0.3) is 0 Å². The molecule has 1 unspecified atom stereocenters. The van der Waals surface area contributed by atoms with E-state index in [1.165, 1.54) is 10.5 Å². The van der Waals surface area contributed by atoms with Crippen LogP contribution in [0.15, 0.2) is 59.5 Å². The lowest BCUT2D eigenvalue weighted by molar-refractivity contribution is 0.414. The van der Waals surface area contributed by atoms with Crippen molar-refractivity contribution in [2.45, 2.75) is 10.6 Å². The van der Waals surface area contributed by atoms with E-state index in [2.05, 4.69) is 48.7 Å². The van der Waals surface area contributed by atoms with Gasteiger partial charge in [0.15, 0.2) is 4.90 Å². The van der Waals surface area contributed by atoms with Gasteiger partial charge in [-0.1, -0.05) is 30.3 Å². The van der Waals surface area contributed by atoms with Crippen molar-refractivity contribution in [2.75, 3.05) is 13.4 Å². The van der Waals surface area contributed by atoms with Crippen LogP contribution >= 0.6 is 0 Å². The number of ether oxygens (including phenoxy) is 1. The SMILES string of the molecule is COc1ccc([S+](C)Cc2ccccc2)cc1. The Bertz CT molecular complexity index is 450. The zero-order valence-corrected chi connectivity index (χ0v) is 11.0. The first kappa shape index (κ1) is 12.1. The first-order valence-electron chi connectivity index (χ1n) is 5.60. The van der Waals surface area contributed by atoms with Gasteiger partial charge in [-0.15, -0.1) is 0 Å². The third-order valence-electron chi connectivity index (χ3n) is 2.69. The maximum atomic E-state index is 5.17. The van der Waals surface area contributed by atoms with E-state index >= 15 is 0 Å². The molecule has 2 aromatic carbocycles. The molecule has 0 spiro atoms. The van der Waals surface area contributed by atoms with Gasteiger partial charge >= 0.3 is 0 Å². The van der Waals surface area contributed by atoms with Gasteiger partial charge < -0.3 is 4.74 Å². The van der Waals surface area contributed by atoms with Gasteiger partial charge in [0, 0.05) is 16.5 Å². The molecule has 88 valence electrons. The fourth-order valence-corrected chi connectivity index (χ4v) is 3.18. The van der Waals surface area contributed by atoms with Crippen molar-refractivity contribution >= 4 is 10.9 Å². The summed E-state index contributed by atoms with van der Waals surface area (Å²) < 4.78 is 5.17. The molecule has 2 rings (SSSR count). The predicted molar refractivity (Wildman–Crippen MR) is 74.7 cm³/mol. The van der Waals surface area contributed by atoms with E-state index in [0.717, 1.165) is 11.5 Å². The van der Waals surface area contributed by atoms with Crippen LogP contribution in [0.3, 0.4) is 0 Å². The Kier molecular flexibility index (Phi) is 4.10. The summed E-state index contributed by atoms with van der Waals surface area (Å²) in [6.45, 7) is 0. The summed E-state index contributed by atoms with van der Waals surface area (Å²) in [5, 5.41) is 0. The van der Waals surface area contributed by atoms with E-state index in [-0.39, 0.29) is 10.9 Å². The van der Waals surface area contributed by atoms with E-state index in [1.807, 2.05) is 12.1 Å². The Labute approximate surface area is 106 Å². The van der Waals surface area contributed by atoms with Gasteiger partial charge in [0.25, 0.3) is 0 Å². The molecule has 0 bridgehead atoms. The minimum Gasteiger partial charge on any atom is -0.497 e. The molecule has 0 amide bonds. The minimum absolute atomic E-state index is 0.250. The molecule has 2 heteroatoms. The van der Waals surface area contributed by atoms with Crippen LogP contribution in [0.2, 0.25) is 0 Å². The smallest absolute Gasteiger partial charge is 0.155 e. The summed E-state index contributed by atoms with van der Waals surface area (Å²) in [7, 11) is 1.95. The molecule has 0 radical (unpaired) electrons. The molecule has 0 heterocycles. The van der Waals surface area contributed by atoms with E-state index < -0.39 is 0 Å². The average Bonchev–Trinajstić information content (AvgIpc) is 2.40. The zero-order valence-electron chi connectivity index (χ0n) is 10.2. The Morgan fingerprint density at radius 2 is 1.59 bits per heavy atom. The summed E-state index contributed by atoms with van der Waals surface area (Å²) in [5.74, 6) is 2.03. The average molecular weight is 245 g/mol. The van der Waals surface area contributed by atoms with Crippen LogP contribution in [0, 0.1) is 0 Å². The third kappa shape index (κ3) is 3.27. The topological polar surface area (TPSA) is 9.23 Å².